The molecule has 0 spiro atoms. The number of nitrogen functional groups attached to an aromatic ring is 1. The molecule has 0 unspecified atom stereocenters. The number of anilines is 2. The van der Waals surface area contributed by atoms with Crippen molar-refractivity contribution in [2.45, 2.75) is 31.7 Å². The van der Waals surface area contributed by atoms with Crippen LogP contribution in [0.2, 0.25) is 0 Å². The van der Waals surface area contributed by atoms with E-state index in [1.165, 1.54) is 12.5 Å². The summed E-state index contributed by atoms with van der Waals surface area (Å²) in [6, 6.07) is 5.05. The Morgan fingerprint density at radius 1 is 1.44 bits per heavy atom. The van der Waals surface area contributed by atoms with Crippen molar-refractivity contribution >= 4 is 22.3 Å². The third kappa shape index (κ3) is 1.68. The molecule has 3 rings (SSSR count). The molecule has 0 bridgehead atoms. The Kier molecular flexibility index (Phi) is 2.40. The van der Waals surface area contributed by atoms with Gasteiger partial charge in [-0.05, 0) is 44.4 Å². The number of rotatable bonds is 2. The summed E-state index contributed by atoms with van der Waals surface area (Å²) >= 11 is 0. The number of aromatic nitrogens is 1. The van der Waals surface area contributed by atoms with Crippen LogP contribution in [0.4, 0.5) is 15.8 Å². The highest BCUT2D eigenvalue weighted by molar-refractivity contribution is 5.98. The average molecular weight is 245 g/mol. The quantitative estimate of drug-likeness (QED) is 0.798. The Hall–Kier alpha value is -1.84. The van der Waals surface area contributed by atoms with Gasteiger partial charge in [0, 0.05) is 22.8 Å². The highest BCUT2D eigenvalue weighted by Crippen LogP contribution is 2.38. The van der Waals surface area contributed by atoms with E-state index in [0.717, 1.165) is 18.2 Å². The largest absolute Gasteiger partial charge is 0.398 e. The van der Waals surface area contributed by atoms with Gasteiger partial charge in [0.25, 0.3) is 0 Å². The maximum atomic E-state index is 14.1. The summed E-state index contributed by atoms with van der Waals surface area (Å²) in [5.74, 6) is -0.327. The Bertz CT molecular complexity index is 605. The zero-order valence-corrected chi connectivity index (χ0v) is 10.3. The number of nitrogens with two attached hydrogens (primary N) is 1. The number of pyridine rings is 1. The fraction of sp³-hybridized carbons (Fsp3) is 0.357. The number of nitrogens with zero attached hydrogens (tertiary/aromatic N) is 1. The van der Waals surface area contributed by atoms with Crippen molar-refractivity contribution < 1.29 is 4.39 Å². The van der Waals surface area contributed by atoms with Crippen molar-refractivity contribution in [1.82, 2.24) is 4.98 Å². The van der Waals surface area contributed by atoms with Crippen LogP contribution in [0.15, 0.2) is 24.4 Å². The molecule has 1 heterocycles. The number of hydrogen-bond acceptors (Lipinski definition) is 3. The molecule has 0 aliphatic heterocycles. The van der Waals surface area contributed by atoms with Gasteiger partial charge in [-0.3, -0.25) is 4.98 Å². The molecule has 0 radical (unpaired) electrons. The van der Waals surface area contributed by atoms with Crippen molar-refractivity contribution in [2.75, 3.05) is 11.1 Å². The monoisotopic (exact) mass is 245 g/mol. The second kappa shape index (κ2) is 3.83. The first kappa shape index (κ1) is 11.3. The third-order valence-electron chi connectivity index (χ3n) is 3.76. The average Bonchev–Trinajstić information content (AvgIpc) is 2.32. The van der Waals surface area contributed by atoms with Crippen molar-refractivity contribution in [3.05, 3.63) is 30.2 Å². The molecule has 1 aliphatic rings. The van der Waals surface area contributed by atoms with Gasteiger partial charge < -0.3 is 11.1 Å². The van der Waals surface area contributed by atoms with E-state index in [1.807, 2.05) is 12.1 Å². The second-order valence-electron chi connectivity index (χ2n) is 5.26. The van der Waals surface area contributed by atoms with Crippen LogP contribution in [0, 0.1) is 5.82 Å². The van der Waals surface area contributed by atoms with Crippen molar-refractivity contribution in [3.8, 4) is 0 Å². The fourth-order valence-electron chi connectivity index (χ4n) is 2.49. The summed E-state index contributed by atoms with van der Waals surface area (Å²) in [6.07, 6.45) is 4.97. The SMILES string of the molecule is CC1(Nc2c(F)cc(N)c3cccnc23)CCC1. The van der Waals surface area contributed by atoms with E-state index < -0.39 is 0 Å². The first-order valence-corrected chi connectivity index (χ1v) is 6.20. The minimum Gasteiger partial charge on any atom is -0.398 e. The van der Waals surface area contributed by atoms with E-state index in [0.29, 0.717) is 16.9 Å². The molecule has 1 aliphatic carbocycles. The number of hydrogen-bond donors (Lipinski definition) is 2. The van der Waals surface area contributed by atoms with E-state index in [-0.39, 0.29) is 11.4 Å². The lowest BCUT2D eigenvalue weighted by Crippen LogP contribution is -2.42. The van der Waals surface area contributed by atoms with Gasteiger partial charge in [-0.1, -0.05) is 0 Å². The summed E-state index contributed by atoms with van der Waals surface area (Å²) in [5, 5.41) is 4.10. The molecule has 3 N–H and O–H groups in total. The molecule has 1 fully saturated rings. The standard InChI is InChI=1S/C14H16FN3/c1-14(5-3-6-14)18-13-10(15)8-11(16)9-4-2-7-17-12(9)13/h2,4,7-8,18H,3,5-6,16H2,1H3. The van der Waals surface area contributed by atoms with Crippen LogP contribution in [0.5, 0.6) is 0 Å². The molecule has 2 aromatic rings. The molecular formula is C14H16FN3. The minimum atomic E-state index is -0.327. The molecule has 0 atom stereocenters. The van der Waals surface area contributed by atoms with E-state index in [1.54, 1.807) is 6.20 Å². The molecule has 1 aromatic carbocycles. The predicted octanol–water partition coefficient (Wildman–Crippen LogP) is 3.31. The molecule has 4 heteroatoms. The van der Waals surface area contributed by atoms with E-state index >= 15 is 0 Å². The molecular weight excluding hydrogens is 229 g/mol. The fourth-order valence-corrected chi connectivity index (χ4v) is 2.49. The van der Waals surface area contributed by atoms with Gasteiger partial charge in [0.05, 0.1) is 11.2 Å². The second-order valence-corrected chi connectivity index (χ2v) is 5.26. The molecule has 18 heavy (non-hydrogen) atoms. The number of benzene rings is 1. The Labute approximate surface area is 105 Å². The summed E-state index contributed by atoms with van der Waals surface area (Å²) in [7, 11) is 0. The van der Waals surface area contributed by atoms with Crippen molar-refractivity contribution in [1.29, 1.82) is 0 Å². The maximum absolute atomic E-state index is 14.1. The molecule has 3 nitrogen and oxygen atoms in total. The van der Waals surface area contributed by atoms with Crippen LogP contribution >= 0.6 is 0 Å². The minimum absolute atomic E-state index is 0.0125. The molecule has 94 valence electrons. The van der Waals surface area contributed by atoms with Gasteiger partial charge in [-0.2, -0.15) is 0 Å². The van der Waals surface area contributed by atoms with E-state index in [2.05, 4.69) is 17.2 Å². The summed E-state index contributed by atoms with van der Waals surface area (Å²) in [4.78, 5) is 4.26. The van der Waals surface area contributed by atoms with Gasteiger partial charge in [0.1, 0.15) is 0 Å². The summed E-state index contributed by atoms with van der Waals surface area (Å²) < 4.78 is 14.1. The highest BCUT2D eigenvalue weighted by Gasteiger charge is 2.32. The summed E-state index contributed by atoms with van der Waals surface area (Å²) in [5.41, 5.74) is 7.33. The lowest BCUT2D eigenvalue weighted by molar-refractivity contribution is 0.305. The normalized spacial score (nSPS) is 17.4. The Balaban J connectivity index is 2.15. The van der Waals surface area contributed by atoms with Crippen LogP contribution in [0.25, 0.3) is 10.9 Å². The number of halogens is 1. The molecule has 0 amide bonds. The van der Waals surface area contributed by atoms with Gasteiger partial charge in [-0.25, -0.2) is 4.39 Å². The van der Waals surface area contributed by atoms with Gasteiger partial charge >= 0.3 is 0 Å². The van der Waals surface area contributed by atoms with Crippen LogP contribution in [-0.4, -0.2) is 10.5 Å². The van der Waals surface area contributed by atoms with Crippen LogP contribution in [0.3, 0.4) is 0 Å². The van der Waals surface area contributed by atoms with Crippen LogP contribution in [-0.2, 0) is 0 Å². The van der Waals surface area contributed by atoms with Crippen molar-refractivity contribution in [3.63, 3.8) is 0 Å². The smallest absolute Gasteiger partial charge is 0.150 e. The maximum Gasteiger partial charge on any atom is 0.150 e. The topological polar surface area (TPSA) is 50.9 Å². The number of nitrogens with one attached hydrogen (secondary N) is 1. The van der Waals surface area contributed by atoms with Crippen LogP contribution in [0.1, 0.15) is 26.2 Å². The van der Waals surface area contributed by atoms with Crippen molar-refractivity contribution in [2.24, 2.45) is 0 Å². The van der Waals surface area contributed by atoms with Gasteiger partial charge in [-0.15, -0.1) is 0 Å². The molecule has 0 saturated heterocycles. The molecule has 1 saturated carbocycles. The zero-order chi connectivity index (χ0) is 12.8. The lowest BCUT2D eigenvalue weighted by atomic mass is 9.78. The lowest BCUT2D eigenvalue weighted by Gasteiger charge is -2.40. The van der Waals surface area contributed by atoms with Gasteiger partial charge in [0.2, 0.25) is 0 Å². The van der Waals surface area contributed by atoms with E-state index in [4.69, 9.17) is 5.73 Å². The molecule has 1 aromatic heterocycles. The predicted molar refractivity (Wildman–Crippen MR) is 72.0 cm³/mol. The third-order valence-corrected chi connectivity index (χ3v) is 3.76. The van der Waals surface area contributed by atoms with Gasteiger partial charge in [0.15, 0.2) is 5.82 Å². The highest BCUT2D eigenvalue weighted by atomic mass is 19.1. The van der Waals surface area contributed by atoms with E-state index in [9.17, 15) is 4.39 Å². The summed E-state index contributed by atoms with van der Waals surface area (Å²) in [6.45, 7) is 2.11. The number of fused-ring (bicyclic) bond motifs is 1. The Morgan fingerprint density at radius 3 is 2.89 bits per heavy atom. The zero-order valence-electron chi connectivity index (χ0n) is 10.3. The Morgan fingerprint density at radius 2 is 2.22 bits per heavy atom. The van der Waals surface area contributed by atoms with Crippen LogP contribution < -0.4 is 11.1 Å². The first-order chi connectivity index (χ1) is 8.59. The first-order valence-electron chi connectivity index (χ1n) is 6.20.